The van der Waals surface area contributed by atoms with Crippen molar-refractivity contribution in [1.82, 2.24) is 15.0 Å². The Balaban J connectivity index is 1.96. The molecule has 1 aromatic carbocycles. The Bertz CT molecular complexity index is 904. The summed E-state index contributed by atoms with van der Waals surface area (Å²) in [6.07, 6.45) is 3.79. The topological polar surface area (TPSA) is 83.0 Å². The molecule has 0 aliphatic carbocycles. The molecule has 6 nitrogen and oxygen atoms in total. The molecule has 0 amide bonds. The molecule has 0 aliphatic rings. The molecule has 3 rings (SSSR count). The zero-order chi connectivity index (χ0) is 19.9. The quantitative estimate of drug-likeness (QED) is 0.487. The van der Waals surface area contributed by atoms with Crippen LogP contribution in [0.15, 0.2) is 59.6 Å². The SMILES string of the molecule is CSc1cccc(Nc2cc(-c3ccccn3)nc(N[C@H](CO)C(C)C)n2)c1. The molecule has 2 aromatic heterocycles. The van der Waals surface area contributed by atoms with Gasteiger partial charge in [0.05, 0.1) is 24.0 Å². The Labute approximate surface area is 169 Å². The van der Waals surface area contributed by atoms with E-state index in [0.29, 0.717) is 17.5 Å². The summed E-state index contributed by atoms with van der Waals surface area (Å²) in [7, 11) is 0. The van der Waals surface area contributed by atoms with E-state index in [9.17, 15) is 5.11 Å². The van der Waals surface area contributed by atoms with Crippen LogP contribution in [0.3, 0.4) is 0 Å². The molecule has 3 aromatic rings. The molecule has 0 spiro atoms. The Morgan fingerprint density at radius 2 is 1.89 bits per heavy atom. The highest BCUT2D eigenvalue weighted by molar-refractivity contribution is 7.98. The normalized spacial score (nSPS) is 12.0. The van der Waals surface area contributed by atoms with Gasteiger partial charge in [-0.25, -0.2) is 4.98 Å². The van der Waals surface area contributed by atoms with Crippen LogP contribution in [-0.2, 0) is 0 Å². The Morgan fingerprint density at radius 3 is 2.57 bits per heavy atom. The number of hydrogen-bond acceptors (Lipinski definition) is 7. The summed E-state index contributed by atoms with van der Waals surface area (Å²) in [4.78, 5) is 14.8. The molecule has 0 fully saturated rings. The van der Waals surface area contributed by atoms with Crippen LogP contribution in [0.5, 0.6) is 0 Å². The fraction of sp³-hybridized carbons (Fsp3) is 0.286. The van der Waals surface area contributed by atoms with Gasteiger partial charge >= 0.3 is 0 Å². The fourth-order valence-electron chi connectivity index (χ4n) is 2.66. The standard InChI is InChI=1S/C21H25N5OS/c1-14(2)19(13-27)25-21-24-18(17-9-4-5-10-22-17)12-20(26-21)23-15-7-6-8-16(11-15)28-3/h4-12,14,19,27H,13H2,1-3H3,(H2,23,24,25,26)/t19-/m1/s1. The summed E-state index contributed by atoms with van der Waals surface area (Å²) in [5.74, 6) is 1.36. The van der Waals surface area contributed by atoms with Crippen LogP contribution < -0.4 is 10.6 Å². The molecule has 146 valence electrons. The third kappa shape index (κ3) is 5.21. The van der Waals surface area contributed by atoms with Gasteiger partial charge in [0.1, 0.15) is 5.82 Å². The van der Waals surface area contributed by atoms with Crippen LogP contribution in [0.2, 0.25) is 0 Å². The third-order valence-electron chi connectivity index (χ3n) is 4.31. The number of nitrogens with one attached hydrogen (secondary N) is 2. The van der Waals surface area contributed by atoms with Crippen molar-refractivity contribution in [3.63, 3.8) is 0 Å². The van der Waals surface area contributed by atoms with Crippen molar-refractivity contribution in [2.45, 2.75) is 24.8 Å². The zero-order valence-electron chi connectivity index (χ0n) is 16.3. The number of rotatable bonds is 8. The summed E-state index contributed by atoms with van der Waals surface area (Å²) in [6, 6.07) is 15.6. The molecular formula is C21H25N5OS. The molecule has 0 saturated heterocycles. The average molecular weight is 396 g/mol. The van der Waals surface area contributed by atoms with Crippen LogP contribution in [0.25, 0.3) is 11.4 Å². The summed E-state index contributed by atoms with van der Waals surface area (Å²) < 4.78 is 0. The van der Waals surface area contributed by atoms with Gasteiger partial charge in [0, 0.05) is 22.8 Å². The third-order valence-corrected chi connectivity index (χ3v) is 5.04. The molecule has 0 bridgehead atoms. The summed E-state index contributed by atoms with van der Waals surface area (Å²) in [5, 5.41) is 16.3. The number of pyridine rings is 1. The fourth-order valence-corrected chi connectivity index (χ4v) is 3.12. The highest BCUT2D eigenvalue weighted by Crippen LogP contribution is 2.25. The highest BCUT2D eigenvalue weighted by Gasteiger charge is 2.15. The van der Waals surface area contributed by atoms with E-state index in [4.69, 9.17) is 0 Å². The molecule has 3 N–H and O–H groups in total. The smallest absolute Gasteiger partial charge is 0.225 e. The first-order valence-electron chi connectivity index (χ1n) is 9.18. The summed E-state index contributed by atoms with van der Waals surface area (Å²) >= 11 is 1.69. The highest BCUT2D eigenvalue weighted by atomic mass is 32.2. The first-order valence-corrected chi connectivity index (χ1v) is 10.4. The predicted molar refractivity (Wildman–Crippen MR) is 116 cm³/mol. The largest absolute Gasteiger partial charge is 0.394 e. The van der Waals surface area contributed by atoms with Crippen LogP contribution in [0.4, 0.5) is 17.5 Å². The predicted octanol–water partition coefficient (Wildman–Crippen LogP) is 4.43. The van der Waals surface area contributed by atoms with E-state index in [1.54, 1.807) is 18.0 Å². The number of aliphatic hydroxyl groups excluding tert-OH is 1. The molecule has 1 atom stereocenters. The molecule has 0 radical (unpaired) electrons. The van der Waals surface area contributed by atoms with Crippen molar-refractivity contribution in [1.29, 1.82) is 0 Å². The van der Waals surface area contributed by atoms with Crippen molar-refractivity contribution in [3.8, 4) is 11.4 Å². The maximum Gasteiger partial charge on any atom is 0.225 e. The minimum atomic E-state index is -0.133. The van der Waals surface area contributed by atoms with Gasteiger partial charge in [0.15, 0.2) is 0 Å². The molecule has 28 heavy (non-hydrogen) atoms. The second-order valence-corrected chi connectivity index (χ2v) is 7.59. The molecule has 7 heteroatoms. The van der Waals surface area contributed by atoms with Crippen LogP contribution >= 0.6 is 11.8 Å². The molecule has 2 heterocycles. The second-order valence-electron chi connectivity index (χ2n) is 6.71. The number of thioether (sulfide) groups is 1. The van der Waals surface area contributed by atoms with Crippen LogP contribution in [0.1, 0.15) is 13.8 Å². The molecule has 0 aliphatic heterocycles. The van der Waals surface area contributed by atoms with Crippen LogP contribution in [-0.4, -0.2) is 39.0 Å². The molecular weight excluding hydrogens is 370 g/mol. The number of aliphatic hydroxyl groups is 1. The summed E-state index contributed by atoms with van der Waals surface area (Å²) in [5.41, 5.74) is 2.42. The number of nitrogens with zero attached hydrogens (tertiary/aromatic N) is 3. The van der Waals surface area contributed by atoms with Crippen LogP contribution in [0, 0.1) is 5.92 Å². The number of benzene rings is 1. The maximum absolute atomic E-state index is 9.66. The van der Waals surface area contributed by atoms with Gasteiger partial charge in [-0.05, 0) is 42.5 Å². The first kappa shape index (κ1) is 20.1. The van der Waals surface area contributed by atoms with Crippen molar-refractivity contribution < 1.29 is 5.11 Å². The van der Waals surface area contributed by atoms with Gasteiger partial charge in [-0.15, -0.1) is 11.8 Å². The van der Waals surface area contributed by atoms with Gasteiger partial charge in [-0.1, -0.05) is 26.0 Å². The van der Waals surface area contributed by atoms with E-state index in [2.05, 4.69) is 37.7 Å². The Hall–Kier alpha value is -2.64. The Kier molecular flexibility index (Phi) is 6.84. The molecule has 0 saturated carbocycles. The monoisotopic (exact) mass is 395 g/mol. The minimum Gasteiger partial charge on any atom is -0.394 e. The lowest BCUT2D eigenvalue weighted by molar-refractivity contribution is 0.248. The Morgan fingerprint density at radius 1 is 1.04 bits per heavy atom. The lowest BCUT2D eigenvalue weighted by Gasteiger charge is -2.20. The number of hydrogen-bond donors (Lipinski definition) is 3. The summed E-state index contributed by atoms with van der Waals surface area (Å²) in [6.45, 7) is 4.10. The van der Waals surface area contributed by atoms with Gasteiger partial charge < -0.3 is 15.7 Å². The van der Waals surface area contributed by atoms with Gasteiger partial charge in [-0.3, -0.25) is 4.98 Å². The average Bonchev–Trinajstić information content (AvgIpc) is 2.72. The number of anilines is 3. The van der Waals surface area contributed by atoms with Crippen molar-refractivity contribution in [2.75, 3.05) is 23.5 Å². The minimum absolute atomic E-state index is 0.00731. The van der Waals surface area contributed by atoms with E-state index in [0.717, 1.165) is 11.4 Å². The van der Waals surface area contributed by atoms with Gasteiger partial charge in [0.25, 0.3) is 0 Å². The number of aromatic nitrogens is 3. The van der Waals surface area contributed by atoms with E-state index in [-0.39, 0.29) is 18.6 Å². The zero-order valence-corrected chi connectivity index (χ0v) is 17.1. The molecule has 0 unspecified atom stereocenters. The lowest BCUT2D eigenvalue weighted by atomic mass is 10.1. The maximum atomic E-state index is 9.66. The van der Waals surface area contributed by atoms with Crippen molar-refractivity contribution in [2.24, 2.45) is 5.92 Å². The lowest BCUT2D eigenvalue weighted by Crippen LogP contribution is -2.30. The van der Waals surface area contributed by atoms with Crippen molar-refractivity contribution in [3.05, 3.63) is 54.7 Å². The van der Waals surface area contributed by atoms with Crippen molar-refractivity contribution >= 4 is 29.2 Å². The van der Waals surface area contributed by atoms with E-state index < -0.39 is 0 Å². The first-order chi connectivity index (χ1) is 13.6. The van der Waals surface area contributed by atoms with E-state index in [1.165, 1.54) is 4.90 Å². The van der Waals surface area contributed by atoms with E-state index in [1.807, 2.05) is 56.5 Å². The van der Waals surface area contributed by atoms with E-state index >= 15 is 0 Å². The van der Waals surface area contributed by atoms with Gasteiger partial charge in [-0.2, -0.15) is 4.98 Å². The second kappa shape index (κ2) is 9.52. The van der Waals surface area contributed by atoms with Gasteiger partial charge in [0.2, 0.25) is 5.95 Å².